The van der Waals surface area contributed by atoms with Gasteiger partial charge in [-0.3, -0.25) is 0 Å². The molecule has 9 rings (SSSR count). The number of hydrogen-bond acceptors (Lipinski definition) is 2. The van der Waals surface area contributed by atoms with Crippen molar-refractivity contribution in [2.75, 3.05) is 0 Å². The standard InChI is InChI=1S/C68H86N4/c1-3-5-7-9-11-13-15-17-19-21-23-25-27-29-47-59-65-55-43-35-31-39-51(55)61(69-65)49-63-53-41-33-37-45-57(53)67(71-63)60(48-30-28-26-24-22-20-18-16-14-12-10-8-6-4-2)68-58-46-38-34-42-54(58)64(72-68)50-62-52-40-32-36-44-56(52)66(59)70-62/h31-46,49-50,69,72H,3-30,47-48H2,1-2H3. The normalized spacial score (nSPS) is 12.0. The number of H-pyrrole nitrogens is 2. The molecule has 72 heavy (non-hydrogen) atoms. The second-order valence-corrected chi connectivity index (χ2v) is 21.6. The lowest BCUT2D eigenvalue weighted by Crippen LogP contribution is -1.92. The van der Waals surface area contributed by atoms with Gasteiger partial charge in [0.2, 0.25) is 0 Å². The molecule has 0 amide bonds. The third-order valence-electron chi connectivity index (χ3n) is 16.2. The van der Waals surface area contributed by atoms with E-state index < -0.39 is 0 Å². The van der Waals surface area contributed by atoms with Crippen molar-refractivity contribution in [3.05, 3.63) is 120 Å². The Morgan fingerprint density at radius 3 is 0.917 bits per heavy atom. The van der Waals surface area contributed by atoms with Gasteiger partial charge in [0, 0.05) is 66.0 Å². The second kappa shape index (κ2) is 27.0. The monoisotopic (exact) mass is 959 g/mol. The highest BCUT2D eigenvalue weighted by atomic mass is 14.8. The Bertz CT molecular complexity index is 2780. The van der Waals surface area contributed by atoms with Crippen LogP contribution in [0.25, 0.3) is 88.6 Å². The summed E-state index contributed by atoms with van der Waals surface area (Å²) in [7, 11) is 0. The van der Waals surface area contributed by atoms with Gasteiger partial charge in [0.25, 0.3) is 0 Å². The molecule has 2 aliphatic heterocycles. The molecule has 8 bridgehead atoms. The Balaban J connectivity index is 1.04. The highest BCUT2D eigenvalue weighted by Gasteiger charge is 2.24. The molecule has 4 heteroatoms. The number of nitrogens with zero attached hydrogens (tertiary/aromatic N) is 2. The van der Waals surface area contributed by atoms with Crippen LogP contribution in [0.2, 0.25) is 0 Å². The van der Waals surface area contributed by atoms with Crippen molar-refractivity contribution in [1.82, 2.24) is 19.9 Å². The van der Waals surface area contributed by atoms with Crippen LogP contribution in [-0.2, 0) is 12.8 Å². The topological polar surface area (TPSA) is 57.4 Å². The largest absolute Gasteiger partial charge is 0.354 e. The van der Waals surface area contributed by atoms with Crippen LogP contribution in [0, 0.1) is 0 Å². The van der Waals surface area contributed by atoms with Crippen molar-refractivity contribution in [3.63, 3.8) is 0 Å². The van der Waals surface area contributed by atoms with Crippen LogP contribution in [0.5, 0.6) is 0 Å². The molecule has 0 atom stereocenters. The van der Waals surface area contributed by atoms with Gasteiger partial charge in [-0.05, 0) is 37.8 Å². The summed E-state index contributed by atoms with van der Waals surface area (Å²) in [5, 5.41) is 4.98. The van der Waals surface area contributed by atoms with Crippen LogP contribution in [0.15, 0.2) is 109 Å². The van der Waals surface area contributed by atoms with E-state index in [-0.39, 0.29) is 0 Å². The van der Waals surface area contributed by atoms with Crippen LogP contribution in [0.3, 0.4) is 0 Å². The van der Waals surface area contributed by atoms with Gasteiger partial charge in [-0.2, -0.15) is 0 Å². The van der Waals surface area contributed by atoms with Crippen molar-refractivity contribution in [2.45, 2.75) is 206 Å². The van der Waals surface area contributed by atoms with Gasteiger partial charge in [0.05, 0.1) is 33.8 Å². The first-order valence-corrected chi connectivity index (χ1v) is 29.5. The predicted octanol–water partition coefficient (Wildman–Crippen LogP) is 21.3. The first-order chi connectivity index (χ1) is 35.7. The molecule has 7 aromatic rings. The van der Waals surface area contributed by atoms with Crippen LogP contribution in [-0.4, -0.2) is 19.9 Å². The first kappa shape index (κ1) is 51.4. The van der Waals surface area contributed by atoms with Gasteiger partial charge in [0.1, 0.15) is 0 Å². The Kier molecular flexibility index (Phi) is 19.3. The zero-order valence-corrected chi connectivity index (χ0v) is 44.5. The van der Waals surface area contributed by atoms with Crippen LogP contribution in [0.4, 0.5) is 0 Å². The van der Waals surface area contributed by atoms with Crippen molar-refractivity contribution in [1.29, 1.82) is 0 Å². The Hall–Kier alpha value is -5.48. The summed E-state index contributed by atoms with van der Waals surface area (Å²) in [5.74, 6) is 0. The number of benzene rings is 4. The SMILES string of the molecule is CCCCCCCCCCCCCCCCc1c2nc(cc3[nH]c(c(CCCCCCCCCCCCCCCC)c4nc(cc5[nH]c1c1ccccc51)-c1ccccc1-4)c1ccccc31)-c1ccccc1-2. The molecule has 4 nitrogen and oxygen atoms in total. The van der Waals surface area contributed by atoms with E-state index in [1.807, 2.05) is 0 Å². The van der Waals surface area contributed by atoms with E-state index >= 15 is 0 Å². The minimum atomic E-state index is 0.970. The van der Waals surface area contributed by atoms with E-state index in [0.717, 1.165) is 59.5 Å². The molecule has 5 heterocycles. The molecule has 0 radical (unpaired) electrons. The third-order valence-corrected chi connectivity index (χ3v) is 16.2. The molecule has 378 valence electrons. The fourth-order valence-electron chi connectivity index (χ4n) is 12.1. The summed E-state index contributed by atoms with van der Waals surface area (Å²) in [4.78, 5) is 19.5. The summed E-state index contributed by atoms with van der Waals surface area (Å²) >= 11 is 0. The lowest BCUT2D eigenvalue weighted by atomic mass is 9.96. The number of hydrogen-bond donors (Lipinski definition) is 2. The predicted molar refractivity (Wildman–Crippen MR) is 313 cm³/mol. The zero-order valence-electron chi connectivity index (χ0n) is 44.5. The maximum Gasteiger partial charge on any atom is 0.0769 e. The molecule has 0 unspecified atom stereocenters. The van der Waals surface area contributed by atoms with Crippen LogP contribution in [0.1, 0.15) is 205 Å². The van der Waals surface area contributed by atoms with E-state index in [1.54, 1.807) is 0 Å². The highest BCUT2D eigenvalue weighted by Crippen LogP contribution is 2.44. The summed E-state index contributed by atoms with van der Waals surface area (Å²) in [6, 6.07) is 40.6. The minimum Gasteiger partial charge on any atom is -0.354 e. The van der Waals surface area contributed by atoms with Gasteiger partial charge in [-0.1, -0.05) is 278 Å². The number of aryl methyl sites for hydroxylation is 2. The maximum absolute atomic E-state index is 5.70. The molecule has 0 fully saturated rings. The molecule has 0 saturated carbocycles. The number of rotatable bonds is 30. The summed E-state index contributed by atoms with van der Waals surface area (Å²) in [6.45, 7) is 4.61. The van der Waals surface area contributed by atoms with Crippen molar-refractivity contribution in [3.8, 4) is 45.0 Å². The van der Waals surface area contributed by atoms with E-state index in [9.17, 15) is 0 Å². The van der Waals surface area contributed by atoms with E-state index in [2.05, 4.69) is 133 Å². The molecule has 0 saturated heterocycles. The Morgan fingerprint density at radius 1 is 0.306 bits per heavy atom. The molecular formula is C68H86N4. The summed E-state index contributed by atoms with van der Waals surface area (Å²) in [5.41, 5.74) is 16.4. The lowest BCUT2D eigenvalue weighted by molar-refractivity contribution is 0.535. The summed E-state index contributed by atoms with van der Waals surface area (Å²) in [6.07, 6.45) is 39.9. The average Bonchev–Trinajstić information content (AvgIpc) is 4.18. The number of aromatic nitrogens is 4. The van der Waals surface area contributed by atoms with Gasteiger partial charge in [0.15, 0.2) is 0 Å². The minimum absolute atomic E-state index is 0.970. The highest BCUT2D eigenvalue weighted by molar-refractivity contribution is 6.11. The average molecular weight is 959 g/mol. The zero-order chi connectivity index (χ0) is 49.2. The molecule has 0 spiro atoms. The molecule has 4 aromatic carbocycles. The van der Waals surface area contributed by atoms with Gasteiger partial charge >= 0.3 is 0 Å². The second-order valence-electron chi connectivity index (χ2n) is 21.6. The Morgan fingerprint density at radius 2 is 0.583 bits per heavy atom. The number of fused-ring (bicyclic) bond motifs is 20. The Labute approximate surface area is 433 Å². The van der Waals surface area contributed by atoms with E-state index in [1.165, 1.54) is 233 Å². The van der Waals surface area contributed by atoms with Crippen LogP contribution < -0.4 is 0 Å². The molecular weight excluding hydrogens is 873 g/mol. The molecule has 2 aliphatic rings. The smallest absolute Gasteiger partial charge is 0.0769 e. The quantitative estimate of drug-likeness (QED) is 0.0441. The number of nitrogens with one attached hydrogen (secondary N) is 2. The number of aromatic amines is 2. The summed E-state index contributed by atoms with van der Waals surface area (Å²) < 4.78 is 0. The lowest BCUT2D eigenvalue weighted by Gasteiger charge is -2.08. The van der Waals surface area contributed by atoms with Gasteiger partial charge in [-0.25, -0.2) is 9.97 Å². The maximum atomic E-state index is 5.70. The molecule has 0 aliphatic carbocycles. The number of unbranched alkanes of at least 4 members (excludes halogenated alkanes) is 26. The molecule has 3 aromatic heterocycles. The first-order valence-electron chi connectivity index (χ1n) is 29.5. The third kappa shape index (κ3) is 12.8. The molecule has 2 N–H and O–H groups in total. The van der Waals surface area contributed by atoms with Crippen molar-refractivity contribution >= 4 is 43.6 Å². The van der Waals surface area contributed by atoms with Crippen molar-refractivity contribution < 1.29 is 0 Å². The van der Waals surface area contributed by atoms with Crippen LogP contribution >= 0.6 is 0 Å². The van der Waals surface area contributed by atoms with Gasteiger partial charge in [-0.15, -0.1) is 0 Å². The fourth-order valence-corrected chi connectivity index (χ4v) is 12.1. The van der Waals surface area contributed by atoms with E-state index in [4.69, 9.17) is 9.97 Å². The van der Waals surface area contributed by atoms with E-state index in [0.29, 0.717) is 0 Å². The van der Waals surface area contributed by atoms with Crippen molar-refractivity contribution in [2.24, 2.45) is 0 Å². The van der Waals surface area contributed by atoms with Gasteiger partial charge < -0.3 is 9.97 Å². The fraction of sp³-hybridized carbons (Fsp3) is 0.471.